The van der Waals surface area contributed by atoms with Crippen molar-refractivity contribution in [3.05, 3.63) is 6.29 Å². The molecule has 0 aliphatic heterocycles. The van der Waals surface area contributed by atoms with Gasteiger partial charge in [-0.05, 0) is 20.3 Å². The summed E-state index contributed by atoms with van der Waals surface area (Å²) in [7, 11) is 0. The Morgan fingerprint density at radius 1 is 1.00 bits per heavy atom. The lowest BCUT2D eigenvalue weighted by Gasteiger charge is -2.14. The summed E-state index contributed by atoms with van der Waals surface area (Å²) in [6, 6.07) is 0. The topological polar surface area (TPSA) is 44.8 Å². The van der Waals surface area contributed by atoms with E-state index < -0.39 is 0 Å². The van der Waals surface area contributed by atoms with Gasteiger partial charge in [-0.2, -0.15) is 0 Å². The Hall–Kier alpha value is -0.610. The SMILES string of the molecule is CCCCO[C](CC(=O)OCC)OCC. The van der Waals surface area contributed by atoms with Crippen LogP contribution in [0, 0.1) is 6.29 Å². The van der Waals surface area contributed by atoms with Gasteiger partial charge in [0.15, 0.2) is 0 Å². The molecule has 0 heterocycles. The van der Waals surface area contributed by atoms with Gasteiger partial charge in [-0.25, -0.2) is 0 Å². The monoisotopic (exact) mass is 217 g/mol. The van der Waals surface area contributed by atoms with Crippen LogP contribution in [-0.2, 0) is 19.0 Å². The molecule has 1 radical (unpaired) electrons. The lowest BCUT2D eigenvalue weighted by atomic mass is 10.3. The zero-order valence-corrected chi connectivity index (χ0v) is 9.88. The first-order valence-corrected chi connectivity index (χ1v) is 5.51. The highest BCUT2D eigenvalue weighted by molar-refractivity contribution is 5.70. The summed E-state index contributed by atoms with van der Waals surface area (Å²) in [4.78, 5) is 11.2. The third kappa shape index (κ3) is 8.39. The number of unbranched alkanes of at least 4 members (excludes halogenated alkanes) is 1. The van der Waals surface area contributed by atoms with Crippen LogP contribution in [0.1, 0.15) is 40.0 Å². The molecule has 0 aromatic rings. The van der Waals surface area contributed by atoms with Crippen LogP contribution in [0.25, 0.3) is 0 Å². The molecule has 4 heteroatoms. The molecule has 0 spiro atoms. The standard InChI is InChI=1S/C11H21O4/c1-4-7-8-15-11(14-6-3)9-10(12)13-5-2/h4-9H2,1-3H3. The van der Waals surface area contributed by atoms with E-state index in [-0.39, 0.29) is 12.4 Å². The number of hydrogen-bond donors (Lipinski definition) is 0. The Morgan fingerprint density at radius 2 is 1.67 bits per heavy atom. The summed E-state index contributed by atoms with van der Waals surface area (Å²) in [5.74, 6) is -0.308. The molecule has 0 saturated heterocycles. The van der Waals surface area contributed by atoms with Crippen molar-refractivity contribution in [2.24, 2.45) is 0 Å². The van der Waals surface area contributed by atoms with Crippen LogP contribution in [0.4, 0.5) is 0 Å². The van der Waals surface area contributed by atoms with Crippen LogP contribution >= 0.6 is 0 Å². The Bertz CT molecular complexity index is 159. The van der Waals surface area contributed by atoms with E-state index in [4.69, 9.17) is 14.2 Å². The van der Waals surface area contributed by atoms with Crippen molar-refractivity contribution in [1.29, 1.82) is 0 Å². The van der Waals surface area contributed by atoms with Gasteiger partial charge in [0.05, 0.1) is 13.2 Å². The van der Waals surface area contributed by atoms with Gasteiger partial charge in [0.25, 0.3) is 0 Å². The average Bonchev–Trinajstić information content (AvgIpc) is 2.18. The smallest absolute Gasteiger partial charge is 0.311 e. The molecule has 89 valence electrons. The van der Waals surface area contributed by atoms with E-state index in [9.17, 15) is 4.79 Å². The molecular formula is C11H21O4. The van der Waals surface area contributed by atoms with Crippen molar-refractivity contribution in [2.45, 2.75) is 40.0 Å². The fraction of sp³-hybridized carbons (Fsp3) is 0.818. The average molecular weight is 217 g/mol. The third-order valence-corrected chi connectivity index (χ3v) is 1.66. The molecule has 0 rings (SSSR count). The van der Waals surface area contributed by atoms with Crippen molar-refractivity contribution < 1.29 is 19.0 Å². The van der Waals surface area contributed by atoms with Crippen molar-refractivity contribution in [3.8, 4) is 0 Å². The number of rotatable bonds is 9. The second kappa shape index (κ2) is 9.93. The number of carbonyl (C=O) groups is 1. The molecule has 0 aliphatic rings. The summed E-state index contributed by atoms with van der Waals surface area (Å²) < 4.78 is 15.3. The number of hydrogen-bond acceptors (Lipinski definition) is 4. The third-order valence-electron chi connectivity index (χ3n) is 1.66. The van der Waals surface area contributed by atoms with Gasteiger partial charge in [0.2, 0.25) is 6.29 Å². The maximum atomic E-state index is 11.2. The van der Waals surface area contributed by atoms with E-state index in [1.807, 2.05) is 6.92 Å². The number of esters is 1. The van der Waals surface area contributed by atoms with E-state index in [0.717, 1.165) is 12.8 Å². The Kier molecular flexibility index (Phi) is 9.52. The first-order chi connectivity index (χ1) is 7.24. The molecule has 0 aliphatic carbocycles. The highest BCUT2D eigenvalue weighted by Crippen LogP contribution is 2.12. The lowest BCUT2D eigenvalue weighted by Crippen LogP contribution is -2.16. The van der Waals surface area contributed by atoms with Gasteiger partial charge in [-0.15, -0.1) is 0 Å². The minimum Gasteiger partial charge on any atom is -0.466 e. The summed E-state index contributed by atoms with van der Waals surface area (Å²) in [5.41, 5.74) is 0. The molecule has 0 aromatic carbocycles. The van der Waals surface area contributed by atoms with E-state index >= 15 is 0 Å². The van der Waals surface area contributed by atoms with Gasteiger partial charge in [0.1, 0.15) is 6.42 Å². The zero-order chi connectivity index (χ0) is 11.5. The van der Waals surface area contributed by atoms with Crippen LogP contribution in [-0.4, -0.2) is 25.8 Å². The summed E-state index contributed by atoms with van der Waals surface area (Å²) >= 11 is 0. The van der Waals surface area contributed by atoms with E-state index in [1.165, 1.54) is 0 Å². The molecule has 0 atom stereocenters. The molecule has 0 amide bonds. The van der Waals surface area contributed by atoms with Gasteiger partial charge in [0, 0.05) is 6.61 Å². The second-order valence-corrected chi connectivity index (χ2v) is 2.99. The highest BCUT2D eigenvalue weighted by atomic mass is 16.7. The number of carbonyl (C=O) groups excluding carboxylic acids is 1. The minimum atomic E-state index is -0.308. The van der Waals surface area contributed by atoms with Gasteiger partial charge < -0.3 is 14.2 Å². The molecule has 15 heavy (non-hydrogen) atoms. The zero-order valence-electron chi connectivity index (χ0n) is 9.88. The maximum absolute atomic E-state index is 11.2. The normalized spacial score (nSPS) is 10.7. The molecule has 0 aromatic heterocycles. The summed E-state index contributed by atoms with van der Waals surface area (Å²) in [6.45, 7) is 7.18. The van der Waals surface area contributed by atoms with Crippen molar-refractivity contribution in [1.82, 2.24) is 0 Å². The molecule has 0 bridgehead atoms. The van der Waals surface area contributed by atoms with Crippen LogP contribution in [0.2, 0.25) is 0 Å². The fourth-order valence-electron chi connectivity index (χ4n) is 0.965. The first kappa shape index (κ1) is 14.4. The Balaban J connectivity index is 3.75. The largest absolute Gasteiger partial charge is 0.466 e. The Labute approximate surface area is 91.9 Å². The van der Waals surface area contributed by atoms with Crippen molar-refractivity contribution in [3.63, 3.8) is 0 Å². The first-order valence-electron chi connectivity index (χ1n) is 5.51. The predicted octanol–water partition coefficient (Wildman–Crippen LogP) is 2.28. The molecule has 4 nitrogen and oxygen atoms in total. The van der Waals surface area contributed by atoms with E-state index in [0.29, 0.717) is 26.1 Å². The van der Waals surface area contributed by atoms with Crippen molar-refractivity contribution in [2.75, 3.05) is 19.8 Å². The highest BCUT2D eigenvalue weighted by Gasteiger charge is 2.16. The fourth-order valence-corrected chi connectivity index (χ4v) is 0.965. The van der Waals surface area contributed by atoms with Crippen LogP contribution < -0.4 is 0 Å². The van der Waals surface area contributed by atoms with Gasteiger partial charge >= 0.3 is 5.97 Å². The molecule has 0 fully saturated rings. The minimum absolute atomic E-state index is 0.0887. The van der Waals surface area contributed by atoms with Gasteiger partial charge in [-0.3, -0.25) is 4.79 Å². The maximum Gasteiger partial charge on any atom is 0.311 e. The number of ether oxygens (including phenoxy) is 3. The molecule has 0 N–H and O–H groups in total. The van der Waals surface area contributed by atoms with E-state index in [1.54, 1.807) is 6.92 Å². The van der Waals surface area contributed by atoms with E-state index in [2.05, 4.69) is 6.92 Å². The second-order valence-electron chi connectivity index (χ2n) is 2.99. The summed E-state index contributed by atoms with van der Waals surface area (Å²) in [5, 5.41) is 0. The lowest BCUT2D eigenvalue weighted by molar-refractivity contribution is -0.148. The van der Waals surface area contributed by atoms with Crippen LogP contribution in [0.3, 0.4) is 0 Å². The predicted molar refractivity (Wildman–Crippen MR) is 57.0 cm³/mol. The Morgan fingerprint density at radius 3 is 2.20 bits per heavy atom. The van der Waals surface area contributed by atoms with Crippen molar-refractivity contribution >= 4 is 5.97 Å². The van der Waals surface area contributed by atoms with Crippen LogP contribution in [0.5, 0.6) is 0 Å². The van der Waals surface area contributed by atoms with Gasteiger partial charge in [-0.1, -0.05) is 13.3 Å². The molecule has 0 saturated carbocycles. The summed E-state index contributed by atoms with van der Waals surface area (Å²) in [6.07, 6.45) is 2.47. The molecule has 0 unspecified atom stereocenters. The quantitative estimate of drug-likeness (QED) is 0.439. The molecular weight excluding hydrogens is 196 g/mol. The van der Waals surface area contributed by atoms with Crippen LogP contribution in [0.15, 0.2) is 0 Å².